The number of hydrogen-bond acceptors (Lipinski definition) is 5. The van der Waals surface area contributed by atoms with Crippen LogP contribution >= 0.6 is 0 Å². The number of nitrogens with one attached hydrogen (secondary N) is 1. The fourth-order valence-corrected chi connectivity index (χ4v) is 2.25. The highest BCUT2D eigenvalue weighted by molar-refractivity contribution is 5.94. The molecule has 0 saturated carbocycles. The molecule has 1 aromatic heterocycles. The molecule has 1 heterocycles. The first-order valence-corrected chi connectivity index (χ1v) is 7.68. The van der Waals surface area contributed by atoms with Crippen LogP contribution in [0.5, 0.6) is 0 Å². The van der Waals surface area contributed by atoms with Crippen LogP contribution in [0.2, 0.25) is 0 Å². The second-order valence-electron chi connectivity index (χ2n) is 5.57. The number of nitrogens with zero attached hydrogens (tertiary/aromatic N) is 2. The van der Waals surface area contributed by atoms with E-state index in [2.05, 4.69) is 15.5 Å². The van der Waals surface area contributed by atoms with Crippen LogP contribution in [0.3, 0.4) is 0 Å². The first-order valence-electron chi connectivity index (χ1n) is 7.68. The third-order valence-corrected chi connectivity index (χ3v) is 3.67. The number of alkyl halides is 3. The summed E-state index contributed by atoms with van der Waals surface area (Å²) < 4.78 is 42.8. The van der Waals surface area contributed by atoms with Crippen LogP contribution in [0.25, 0.3) is 11.4 Å². The first kappa shape index (κ1) is 17.7. The predicted octanol–water partition coefficient (Wildman–Crippen LogP) is 4.57. The Bertz CT molecular complexity index is 901. The maximum Gasteiger partial charge on any atom is 0.416 e. The largest absolute Gasteiger partial charge is 0.416 e. The average molecular weight is 361 g/mol. The van der Waals surface area contributed by atoms with E-state index in [0.717, 1.165) is 17.8 Å². The Balaban J connectivity index is 1.65. The van der Waals surface area contributed by atoms with Gasteiger partial charge < -0.3 is 9.84 Å². The Hall–Kier alpha value is -3.16. The van der Waals surface area contributed by atoms with E-state index in [1.54, 1.807) is 24.3 Å². The smallest absolute Gasteiger partial charge is 0.376 e. The van der Waals surface area contributed by atoms with Crippen molar-refractivity contribution < 1.29 is 22.5 Å². The summed E-state index contributed by atoms with van der Waals surface area (Å²) in [6, 6.07) is 11.4. The Labute approximate surface area is 146 Å². The van der Waals surface area contributed by atoms with E-state index in [9.17, 15) is 18.0 Å². The van der Waals surface area contributed by atoms with Crippen molar-refractivity contribution in [3.8, 4) is 11.4 Å². The number of carbonyl (C=O) groups excluding carboxylic acids is 1. The van der Waals surface area contributed by atoms with Gasteiger partial charge in [-0.2, -0.15) is 18.2 Å². The van der Waals surface area contributed by atoms with Gasteiger partial charge in [0.05, 0.1) is 12.1 Å². The molecular weight excluding hydrogens is 347 g/mol. The molecule has 0 unspecified atom stereocenters. The summed E-state index contributed by atoms with van der Waals surface area (Å²) in [5, 5.41) is 6.84. The lowest BCUT2D eigenvalue weighted by Crippen LogP contribution is -2.04. The highest BCUT2D eigenvalue weighted by Crippen LogP contribution is 2.30. The van der Waals surface area contributed by atoms with Crippen molar-refractivity contribution >= 4 is 11.5 Å². The minimum Gasteiger partial charge on any atom is -0.376 e. The number of rotatable bonds is 5. The summed E-state index contributed by atoms with van der Waals surface area (Å²) in [6.07, 6.45) is -4.39. The maximum absolute atomic E-state index is 12.6. The Kier molecular flexibility index (Phi) is 4.75. The Morgan fingerprint density at radius 3 is 2.31 bits per heavy atom. The van der Waals surface area contributed by atoms with Crippen molar-refractivity contribution in [3.63, 3.8) is 0 Å². The number of benzene rings is 2. The Morgan fingerprint density at radius 1 is 1.08 bits per heavy atom. The monoisotopic (exact) mass is 361 g/mol. The molecule has 0 atom stereocenters. The second kappa shape index (κ2) is 6.99. The van der Waals surface area contributed by atoms with Crippen molar-refractivity contribution in [2.75, 3.05) is 5.32 Å². The van der Waals surface area contributed by atoms with Crippen LogP contribution in [-0.4, -0.2) is 15.9 Å². The lowest BCUT2D eigenvalue weighted by Gasteiger charge is -2.05. The number of carbonyl (C=O) groups is 1. The van der Waals surface area contributed by atoms with E-state index >= 15 is 0 Å². The van der Waals surface area contributed by atoms with E-state index in [0.29, 0.717) is 11.1 Å². The molecule has 0 aliphatic rings. The van der Waals surface area contributed by atoms with Crippen molar-refractivity contribution in [1.82, 2.24) is 10.1 Å². The van der Waals surface area contributed by atoms with E-state index in [4.69, 9.17) is 4.52 Å². The van der Waals surface area contributed by atoms with Crippen LogP contribution in [0.1, 0.15) is 28.7 Å². The fourth-order valence-electron chi connectivity index (χ4n) is 2.25. The lowest BCUT2D eigenvalue weighted by molar-refractivity contribution is -0.137. The van der Waals surface area contributed by atoms with Gasteiger partial charge in [0.1, 0.15) is 0 Å². The molecule has 3 aromatic rings. The van der Waals surface area contributed by atoms with Gasteiger partial charge in [0.15, 0.2) is 5.78 Å². The van der Waals surface area contributed by atoms with Gasteiger partial charge in [0.25, 0.3) is 0 Å². The van der Waals surface area contributed by atoms with Gasteiger partial charge in [-0.05, 0) is 43.3 Å². The molecule has 0 bridgehead atoms. The van der Waals surface area contributed by atoms with Gasteiger partial charge >= 0.3 is 6.18 Å². The van der Waals surface area contributed by atoms with Gasteiger partial charge in [0, 0.05) is 16.8 Å². The quantitative estimate of drug-likeness (QED) is 0.674. The number of halogens is 3. The van der Waals surface area contributed by atoms with E-state index < -0.39 is 11.7 Å². The average Bonchev–Trinajstić information content (AvgIpc) is 3.09. The molecule has 8 heteroatoms. The van der Waals surface area contributed by atoms with Crippen LogP contribution in [0, 0.1) is 0 Å². The van der Waals surface area contributed by atoms with E-state index in [1.807, 2.05) is 0 Å². The normalized spacial score (nSPS) is 11.4. The number of anilines is 1. The van der Waals surface area contributed by atoms with Crippen LogP contribution in [0.4, 0.5) is 18.9 Å². The van der Waals surface area contributed by atoms with E-state index in [1.165, 1.54) is 19.1 Å². The number of ketones is 1. The minimum absolute atomic E-state index is 0.0189. The highest BCUT2D eigenvalue weighted by atomic mass is 19.4. The molecule has 0 spiro atoms. The number of Topliss-reactive ketones (excluding diaryl/α,β-unsaturated/α-hetero) is 1. The zero-order valence-electron chi connectivity index (χ0n) is 13.7. The molecule has 5 nitrogen and oxygen atoms in total. The maximum atomic E-state index is 12.6. The molecule has 0 fully saturated rings. The molecule has 2 aromatic carbocycles. The fraction of sp³-hybridized carbons (Fsp3) is 0.167. The van der Waals surface area contributed by atoms with Gasteiger partial charge in [-0.15, -0.1) is 0 Å². The Morgan fingerprint density at radius 2 is 1.73 bits per heavy atom. The lowest BCUT2D eigenvalue weighted by atomic mass is 10.1. The molecule has 0 amide bonds. The second-order valence-corrected chi connectivity index (χ2v) is 5.57. The summed E-state index contributed by atoms with van der Waals surface area (Å²) in [6.45, 7) is 1.73. The van der Waals surface area contributed by atoms with Crippen molar-refractivity contribution in [3.05, 3.63) is 65.5 Å². The molecule has 134 valence electrons. The molecule has 0 radical (unpaired) electrons. The summed E-state index contributed by atoms with van der Waals surface area (Å²) in [5.74, 6) is 0.479. The third-order valence-electron chi connectivity index (χ3n) is 3.67. The molecule has 1 N–H and O–H groups in total. The molecule has 0 saturated heterocycles. The molecular formula is C18H14F3N3O2. The summed E-state index contributed by atoms with van der Waals surface area (Å²) in [7, 11) is 0. The summed E-state index contributed by atoms with van der Waals surface area (Å²) >= 11 is 0. The molecule has 0 aliphatic heterocycles. The van der Waals surface area contributed by atoms with Crippen molar-refractivity contribution in [2.24, 2.45) is 0 Å². The first-order chi connectivity index (χ1) is 12.3. The molecule has 26 heavy (non-hydrogen) atoms. The number of hydrogen-bond donors (Lipinski definition) is 1. The van der Waals surface area contributed by atoms with Crippen LogP contribution in [-0.2, 0) is 12.7 Å². The SMILES string of the molecule is CC(=O)c1ccc(NCc2nc(-c3ccc(C(F)(F)F)cc3)no2)cc1. The van der Waals surface area contributed by atoms with Crippen LogP contribution < -0.4 is 5.32 Å². The minimum atomic E-state index is -4.39. The number of aromatic nitrogens is 2. The molecule has 0 aliphatic carbocycles. The summed E-state index contributed by atoms with van der Waals surface area (Å²) in [4.78, 5) is 15.4. The zero-order valence-corrected chi connectivity index (χ0v) is 13.7. The van der Waals surface area contributed by atoms with Gasteiger partial charge in [-0.1, -0.05) is 17.3 Å². The van der Waals surface area contributed by atoms with Crippen molar-refractivity contribution in [2.45, 2.75) is 19.6 Å². The van der Waals surface area contributed by atoms with Gasteiger partial charge in [-0.25, -0.2) is 0 Å². The highest BCUT2D eigenvalue weighted by Gasteiger charge is 2.30. The van der Waals surface area contributed by atoms with Gasteiger partial charge in [0.2, 0.25) is 11.7 Å². The standard InChI is InChI=1S/C18H14F3N3O2/c1-11(25)12-4-8-15(9-5-12)22-10-16-23-17(24-26-16)13-2-6-14(7-3-13)18(19,20)21/h2-9,22H,10H2,1H3. The zero-order chi connectivity index (χ0) is 18.7. The van der Waals surface area contributed by atoms with Gasteiger partial charge in [-0.3, -0.25) is 4.79 Å². The third kappa shape index (κ3) is 4.08. The molecule has 3 rings (SSSR count). The predicted molar refractivity (Wildman–Crippen MR) is 88.5 cm³/mol. The van der Waals surface area contributed by atoms with Crippen molar-refractivity contribution in [1.29, 1.82) is 0 Å². The van der Waals surface area contributed by atoms with Crippen LogP contribution in [0.15, 0.2) is 53.1 Å². The summed E-state index contributed by atoms with van der Waals surface area (Å²) in [5.41, 5.74) is 1.07. The van der Waals surface area contributed by atoms with E-state index in [-0.39, 0.29) is 24.0 Å². The topological polar surface area (TPSA) is 68.0 Å².